The molecule has 0 spiro atoms. The number of carbonyl (C=O) groups excluding carboxylic acids is 1. The van der Waals surface area contributed by atoms with E-state index in [2.05, 4.69) is 17.2 Å². The highest BCUT2D eigenvalue weighted by molar-refractivity contribution is 5.97. The Morgan fingerprint density at radius 3 is 2.70 bits per heavy atom. The van der Waals surface area contributed by atoms with E-state index >= 15 is 0 Å². The van der Waals surface area contributed by atoms with Crippen molar-refractivity contribution in [2.45, 2.75) is 25.1 Å². The number of hydrogen-bond acceptors (Lipinski definition) is 3. The van der Waals surface area contributed by atoms with Gasteiger partial charge in [0.2, 0.25) is 0 Å². The predicted octanol–water partition coefficient (Wildman–Crippen LogP) is 2.75. The first-order chi connectivity index (χ1) is 10.9. The number of carbonyl (C=O) groups is 1. The maximum Gasteiger partial charge on any atom is 0.416 e. The number of benzene rings is 1. The minimum Gasteiger partial charge on any atom is -0.489 e. The van der Waals surface area contributed by atoms with Crippen molar-refractivity contribution in [1.82, 2.24) is 10.6 Å². The molecule has 4 nitrogen and oxygen atoms in total. The van der Waals surface area contributed by atoms with Crippen LogP contribution < -0.4 is 15.4 Å². The molecule has 0 bridgehead atoms. The van der Waals surface area contributed by atoms with Crippen molar-refractivity contribution in [2.75, 3.05) is 19.7 Å². The summed E-state index contributed by atoms with van der Waals surface area (Å²) in [6.45, 7) is 5.14. The number of piperidine rings is 1. The summed E-state index contributed by atoms with van der Waals surface area (Å²) in [5, 5.41) is 5.94. The zero-order chi connectivity index (χ0) is 16.9. The van der Waals surface area contributed by atoms with Gasteiger partial charge in [0.25, 0.3) is 5.91 Å². The number of ether oxygens (including phenoxy) is 1. The minimum absolute atomic E-state index is 0.0504. The van der Waals surface area contributed by atoms with Gasteiger partial charge in [-0.05, 0) is 44.1 Å². The zero-order valence-electron chi connectivity index (χ0n) is 12.6. The van der Waals surface area contributed by atoms with E-state index < -0.39 is 17.6 Å². The van der Waals surface area contributed by atoms with E-state index in [1.807, 2.05) is 0 Å². The monoisotopic (exact) mass is 328 g/mol. The third-order valence-corrected chi connectivity index (χ3v) is 3.58. The number of amides is 1. The lowest BCUT2D eigenvalue weighted by Crippen LogP contribution is -2.42. The normalized spacial score (nSPS) is 16.0. The fourth-order valence-electron chi connectivity index (χ4n) is 2.39. The number of nitrogens with one attached hydrogen (secondary N) is 2. The van der Waals surface area contributed by atoms with E-state index in [0.717, 1.165) is 38.1 Å². The van der Waals surface area contributed by atoms with Crippen LogP contribution >= 0.6 is 0 Å². The number of halogens is 3. The summed E-state index contributed by atoms with van der Waals surface area (Å²) in [6.07, 6.45) is -1.56. The van der Waals surface area contributed by atoms with Crippen molar-refractivity contribution in [2.24, 2.45) is 0 Å². The molecule has 1 aromatic carbocycles. The van der Waals surface area contributed by atoms with Crippen LogP contribution in [-0.2, 0) is 6.18 Å². The van der Waals surface area contributed by atoms with E-state index in [0.29, 0.717) is 0 Å². The smallest absolute Gasteiger partial charge is 0.416 e. The largest absolute Gasteiger partial charge is 0.489 e. The molecule has 2 rings (SSSR count). The zero-order valence-corrected chi connectivity index (χ0v) is 12.6. The number of alkyl halides is 3. The topological polar surface area (TPSA) is 50.4 Å². The van der Waals surface area contributed by atoms with Gasteiger partial charge in [0.15, 0.2) is 0 Å². The second-order valence-electron chi connectivity index (χ2n) is 5.31. The fraction of sp³-hybridized carbons (Fsp3) is 0.438. The molecular weight excluding hydrogens is 309 g/mol. The van der Waals surface area contributed by atoms with Crippen LogP contribution in [0.1, 0.15) is 28.8 Å². The van der Waals surface area contributed by atoms with Gasteiger partial charge in [-0.15, -0.1) is 0 Å². The predicted molar refractivity (Wildman–Crippen MR) is 80.5 cm³/mol. The SMILES string of the molecule is C=CCOc1ccc(C(F)(F)F)cc1C(=O)NC1CCNCC1. The molecule has 0 radical (unpaired) electrons. The second-order valence-corrected chi connectivity index (χ2v) is 5.31. The summed E-state index contributed by atoms with van der Waals surface area (Å²) in [5.41, 5.74) is -0.987. The molecule has 0 aromatic heterocycles. The van der Waals surface area contributed by atoms with E-state index in [1.165, 1.54) is 12.1 Å². The second kappa shape index (κ2) is 7.50. The first kappa shape index (κ1) is 17.3. The fourth-order valence-corrected chi connectivity index (χ4v) is 2.39. The molecule has 1 fully saturated rings. The highest BCUT2D eigenvalue weighted by Crippen LogP contribution is 2.32. The molecule has 23 heavy (non-hydrogen) atoms. The average molecular weight is 328 g/mol. The van der Waals surface area contributed by atoms with Crippen molar-refractivity contribution < 1.29 is 22.7 Å². The van der Waals surface area contributed by atoms with Crippen LogP contribution in [0.5, 0.6) is 5.75 Å². The summed E-state index contributed by atoms with van der Waals surface area (Å²) in [7, 11) is 0. The first-order valence-electron chi connectivity index (χ1n) is 7.38. The molecule has 0 aliphatic carbocycles. The van der Waals surface area contributed by atoms with Crippen molar-refractivity contribution in [3.63, 3.8) is 0 Å². The quantitative estimate of drug-likeness (QED) is 0.817. The van der Waals surface area contributed by atoms with Crippen molar-refractivity contribution in [1.29, 1.82) is 0 Å². The molecular formula is C16H19F3N2O2. The van der Waals surface area contributed by atoms with Gasteiger partial charge in [0.05, 0.1) is 11.1 Å². The summed E-state index contributed by atoms with van der Waals surface area (Å²) < 4.78 is 43.9. The summed E-state index contributed by atoms with van der Waals surface area (Å²) in [4.78, 5) is 12.4. The highest BCUT2D eigenvalue weighted by atomic mass is 19.4. The maximum atomic E-state index is 12.9. The number of rotatable bonds is 5. The summed E-state index contributed by atoms with van der Waals surface area (Å²) >= 11 is 0. The Labute approximate surface area is 132 Å². The van der Waals surface area contributed by atoms with Crippen molar-refractivity contribution in [3.8, 4) is 5.75 Å². The summed E-state index contributed by atoms with van der Waals surface area (Å²) in [6, 6.07) is 2.85. The van der Waals surface area contributed by atoms with Crippen LogP contribution in [0.25, 0.3) is 0 Å². The Morgan fingerprint density at radius 2 is 2.09 bits per heavy atom. The molecule has 0 atom stereocenters. The van der Waals surface area contributed by atoms with Crippen LogP contribution in [0.2, 0.25) is 0 Å². The molecule has 1 heterocycles. The average Bonchev–Trinajstić information content (AvgIpc) is 2.52. The molecule has 1 amide bonds. The molecule has 1 aromatic rings. The molecule has 7 heteroatoms. The first-order valence-corrected chi connectivity index (χ1v) is 7.38. The highest BCUT2D eigenvalue weighted by Gasteiger charge is 2.32. The Balaban J connectivity index is 2.23. The lowest BCUT2D eigenvalue weighted by atomic mass is 10.0. The Kier molecular flexibility index (Phi) is 5.65. The molecule has 1 aliphatic rings. The van der Waals surface area contributed by atoms with Crippen LogP contribution in [-0.4, -0.2) is 31.6 Å². The van der Waals surface area contributed by atoms with Crippen LogP contribution in [0, 0.1) is 0 Å². The molecule has 2 N–H and O–H groups in total. The van der Waals surface area contributed by atoms with Crippen molar-refractivity contribution in [3.05, 3.63) is 42.0 Å². The van der Waals surface area contributed by atoms with Crippen molar-refractivity contribution >= 4 is 5.91 Å². The minimum atomic E-state index is -4.51. The third kappa shape index (κ3) is 4.72. The van der Waals surface area contributed by atoms with Gasteiger partial charge in [-0.3, -0.25) is 4.79 Å². The standard InChI is InChI=1S/C16H19F3N2O2/c1-2-9-23-14-4-3-11(16(17,18)19)10-13(14)15(22)21-12-5-7-20-8-6-12/h2-4,10,12,20H,1,5-9H2,(H,21,22). The van der Waals surface area contributed by atoms with E-state index in [4.69, 9.17) is 4.74 Å². The van der Waals surface area contributed by atoms with Crippen LogP contribution in [0.3, 0.4) is 0 Å². The van der Waals surface area contributed by atoms with Gasteiger partial charge in [-0.2, -0.15) is 13.2 Å². The molecule has 1 saturated heterocycles. The van der Waals surface area contributed by atoms with E-state index in [1.54, 1.807) is 0 Å². The van der Waals surface area contributed by atoms with Gasteiger partial charge in [-0.1, -0.05) is 12.7 Å². The Bertz CT molecular complexity index is 567. The van der Waals surface area contributed by atoms with Crippen LogP contribution in [0.15, 0.2) is 30.9 Å². The molecule has 0 unspecified atom stereocenters. The van der Waals surface area contributed by atoms with Gasteiger partial charge in [0.1, 0.15) is 12.4 Å². The van der Waals surface area contributed by atoms with E-state index in [9.17, 15) is 18.0 Å². The van der Waals surface area contributed by atoms with Gasteiger partial charge in [-0.25, -0.2) is 0 Å². The molecule has 0 saturated carbocycles. The van der Waals surface area contributed by atoms with E-state index in [-0.39, 0.29) is 24.0 Å². The Hall–Kier alpha value is -2.02. The van der Waals surface area contributed by atoms with Gasteiger partial charge < -0.3 is 15.4 Å². The third-order valence-electron chi connectivity index (χ3n) is 3.58. The van der Waals surface area contributed by atoms with Crippen LogP contribution in [0.4, 0.5) is 13.2 Å². The Morgan fingerprint density at radius 1 is 1.39 bits per heavy atom. The maximum absolute atomic E-state index is 12.9. The lowest BCUT2D eigenvalue weighted by Gasteiger charge is -2.24. The van der Waals surface area contributed by atoms with Gasteiger partial charge in [0, 0.05) is 6.04 Å². The molecule has 126 valence electrons. The summed E-state index contributed by atoms with van der Waals surface area (Å²) in [5.74, 6) is -0.439. The molecule has 1 aliphatic heterocycles. The van der Waals surface area contributed by atoms with Gasteiger partial charge >= 0.3 is 6.18 Å². The lowest BCUT2D eigenvalue weighted by molar-refractivity contribution is -0.137. The number of hydrogen-bond donors (Lipinski definition) is 2.